The van der Waals surface area contributed by atoms with Crippen molar-refractivity contribution in [3.05, 3.63) is 60.8 Å². The van der Waals surface area contributed by atoms with E-state index in [9.17, 15) is 14.4 Å². The molecule has 0 saturated carbocycles. The van der Waals surface area contributed by atoms with E-state index < -0.39 is 6.10 Å². The van der Waals surface area contributed by atoms with E-state index in [1.165, 1.54) is 141 Å². The first kappa shape index (κ1) is 60.1. The molecule has 0 amide bonds. The minimum absolute atomic E-state index is 0.0881. The van der Waals surface area contributed by atoms with Crippen LogP contribution in [0.1, 0.15) is 265 Å². The lowest BCUT2D eigenvalue weighted by molar-refractivity contribution is -0.167. The van der Waals surface area contributed by atoms with Gasteiger partial charge in [-0.05, 0) is 57.8 Å². The number of rotatable bonds is 48. The molecule has 0 spiro atoms. The average molecular weight is 881 g/mol. The summed E-state index contributed by atoms with van der Waals surface area (Å²) in [5, 5.41) is 0. The lowest BCUT2D eigenvalue weighted by Gasteiger charge is -2.18. The van der Waals surface area contributed by atoms with Crippen molar-refractivity contribution in [3.8, 4) is 0 Å². The monoisotopic (exact) mass is 881 g/mol. The summed E-state index contributed by atoms with van der Waals surface area (Å²) >= 11 is 0. The normalized spacial score (nSPS) is 12.5. The van der Waals surface area contributed by atoms with Gasteiger partial charge in [0.1, 0.15) is 13.2 Å². The smallest absolute Gasteiger partial charge is 0.306 e. The molecular formula is C57H100O6. The lowest BCUT2D eigenvalue weighted by atomic mass is 10.0. The molecule has 0 rings (SSSR count). The van der Waals surface area contributed by atoms with Crippen LogP contribution < -0.4 is 0 Å². The number of unbranched alkanes of at least 4 members (excludes halogenated alkanes) is 27. The minimum atomic E-state index is -0.792. The minimum Gasteiger partial charge on any atom is -0.462 e. The molecule has 0 fully saturated rings. The first-order valence-electron chi connectivity index (χ1n) is 26.8. The molecule has 364 valence electrons. The standard InChI is InChI=1S/C57H100O6/c1-4-7-10-13-16-19-22-25-27-28-30-32-35-38-41-44-47-50-56(59)62-53-54(52-61-55(58)49-46-43-40-37-34-31-24-21-18-15-12-9-6-3)63-57(60)51-48-45-42-39-36-33-29-26-23-20-17-14-11-8-5-2/h7,10,16,19,25,27,30,32,38,41,54H,4-6,8-9,11-15,17-18,20-24,26,28-29,31,33-37,39-40,42-53H2,1-3H3/b10-7-,19-16-,27-25-,32-30-,41-38-/t54-/m1/s1. The Morgan fingerprint density at radius 3 is 0.968 bits per heavy atom. The van der Waals surface area contributed by atoms with Crippen LogP contribution in [-0.4, -0.2) is 37.2 Å². The fraction of sp³-hybridized carbons (Fsp3) is 0.772. The third-order valence-corrected chi connectivity index (χ3v) is 11.5. The predicted molar refractivity (Wildman–Crippen MR) is 270 cm³/mol. The third-order valence-electron chi connectivity index (χ3n) is 11.5. The highest BCUT2D eigenvalue weighted by atomic mass is 16.6. The Hall–Kier alpha value is -2.89. The summed E-state index contributed by atoms with van der Waals surface area (Å²) in [5.41, 5.74) is 0. The zero-order valence-electron chi connectivity index (χ0n) is 41.6. The van der Waals surface area contributed by atoms with E-state index >= 15 is 0 Å². The molecule has 0 aliphatic heterocycles. The van der Waals surface area contributed by atoms with Gasteiger partial charge in [0, 0.05) is 19.3 Å². The van der Waals surface area contributed by atoms with Crippen LogP contribution in [0.2, 0.25) is 0 Å². The predicted octanol–water partition coefficient (Wildman–Crippen LogP) is 17.6. The van der Waals surface area contributed by atoms with Crippen molar-refractivity contribution >= 4 is 17.9 Å². The Morgan fingerprint density at radius 2 is 0.619 bits per heavy atom. The van der Waals surface area contributed by atoms with E-state index in [4.69, 9.17) is 14.2 Å². The van der Waals surface area contributed by atoms with Crippen LogP contribution in [0.5, 0.6) is 0 Å². The zero-order valence-corrected chi connectivity index (χ0v) is 41.6. The molecule has 0 radical (unpaired) electrons. The highest BCUT2D eigenvalue weighted by molar-refractivity contribution is 5.71. The molecule has 63 heavy (non-hydrogen) atoms. The number of carbonyl (C=O) groups excluding carboxylic acids is 3. The Balaban J connectivity index is 4.44. The number of ether oxygens (including phenoxy) is 3. The number of hydrogen-bond acceptors (Lipinski definition) is 6. The average Bonchev–Trinajstić information content (AvgIpc) is 3.28. The van der Waals surface area contributed by atoms with Gasteiger partial charge in [-0.3, -0.25) is 14.4 Å². The van der Waals surface area contributed by atoms with E-state index in [1.54, 1.807) is 0 Å². The second kappa shape index (κ2) is 51.7. The van der Waals surface area contributed by atoms with E-state index in [2.05, 4.69) is 81.5 Å². The van der Waals surface area contributed by atoms with Crippen molar-refractivity contribution in [2.45, 2.75) is 271 Å². The fourth-order valence-corrected chi connectivity index (χ4v) is 7.54. The first-order chi connectivity index (χ1) is 31.0. The van der Waals surface area contributed by atoms with Gasteiger partial charge in [-0.25, -0.2) is 0 Å². The van der Waals surface area contributed by atoms with Crippen LogP contribution in [0.25, 0.3) is 0 Å². The maximum atomic E-state index is 12.8. The number of hydrogen-bond donors (Lipinski definition) is 0. The number of allylic oxidation sites excluding steroid dienone is 10. The van der Waals surface area contributed by atoms with E-state index in [0.29, 0.717) is 19.3 Å². The first-order valence-corrected chi connectivity index (χ1v) is 26.8. The molecule has 6 nitrogen and oxygen atoms in total. The lowest BCUT2D eigenvalue weighted by Crippen LogP contribution is -2.30. The molecule has 0 heterocycles. The Kier molecular flexibility index (Phi) is 49.4. The van der Waals surface area contributed by atoms with E-state index in [-0.39, 0.29) is 37.5 Å². The van der Waals surface area contributed by atoms with Crippen LogP contribution in [0.4, 0.5) is 0 Å². The summed E-state index contributed by atoms with van der Waals surface area (Å²) in [4.78, 5) is 38.0. The van der Waals surface area contributed by atoms with Crippen molar-refractivity contribution in [1.29, 1.82) is 0 Å². The van der Waals surface area contributed by atoms with Crippen LogP contribution in [0.15, 0.2) is 60.8 Å². The molecule has 0 saturated heterocycles. The molecule has 0 aliphatic carbocycles. The quantitative estimate of drug-likeness (QED) is 0.0262. The molecule has 1 atom stereocenters. The van der Waals surface area contributed by atoms with E-state index in [0.717, 1.165) is 77.0 Å². The maximum absolute atomic E-state index is 12.8. The van der Waals surface area contributed by atoms with Gasteiger partial charge in [-0.1, -0.05) is 248 Å². The summed E-state index contributed by atoms with van der Waals surface area (Å²) < 4.78 is 16.8. The van der Waals surface area contributed by atoms with Gasteiger partial charge in [-0.15, -0.1) is 0 Å². The molecule has 0 aromatic carbocycles. The van der Waals surface area contributed by atoms with Crippen molar-refractivity contribution in [3.63, 3.8) is 0 Å². The molecule has 0 unspecified atom stereocenters. The molecule has 6 heteroatoms. The highest BCUT2D eigenvalue weighted by Crippen LogP contribution is 2.16. The second-order valence-corrected chi connectivity index (χ2v) is 17.8. The van der Waals surface area contributed by atoms with Gasteiger partial charge in [0.15, 0.2) is 6.10 Å². The summed E-state index contributed by atoms with van der Waals surface area (Å²) in [6.45, 7) is 6.50. The maximum Gasteiger partial charge on any atom is 0.306 e. The van der Waals surface area contributed by atoms with Gasteiger partial charge in [0.25, 0.3) is 0 Å². The van der Waals surface area contributed by atoms with Gasteiger partial charge >= 0.3 is 17.9 Å². The van der Waals surface area contributed by atoms with Crippen molar-refractivity contribution in [2.24, 2.45) is 0 Å². The van der Waals surface area contributed by atoms with Crippen molar-refractivity contribution < 1.29 is 28.6 Å². The van der Waals surface area contributed by atoms with Gasteiger partial charge < -0.3 is 14.2 Å². The van der Waals surface area contributed by atoms with Gasteiger partial charge in [0.2, 0.25) is 0 Å². The largest absolute Gasteiger partial charge is 0.462 e. The molecule has 0 N–H and O–H groups in total. The number of carbonyl (C=O) groups is 3. The number of esters is 3. The van der Waals surface area contributed by atoms with Crippen molar-refractivity contribution in [1.82, 2.24) is 0 Å². The van der Waals surface area contributed by atoms with Gasteiger partial charge in [0.05, 0.1) is 0 Å². The fourth-order valence-electron chi connectivity index (χ4n) is 7.54. The summed E-state index contributed by atoms with van der Waals surface area (Å²) in [6, 6.07) is 0. The van der Waals surface area contributed by atoms with Crippen molar-refractivity contribution in [2.75, 3.05) is 13.2 Å². The summed E-state index contributed by atoms with van der Waals surface area (Å²) in [6.07, 6.45) is 63.5. The zero-order chi connectivity index (χ0) is 45.8. The molecule has 0 aliphatic rings. The Labute approximate surface area is 390 Å². The molecular weight excluding hydrogens is 781 g/mol. The SMILES string of the molecule is CC/C=C\C/C=C\C/C=C\C/C=C\C/C=C\CCCC(=O)OC[C@@H](COC(=O)CCCCCCCCCCCCCCC)OC(=O)CCCCCCCCCCCCCCCCC. The Bertz CT molecular complexity index is 1150. The second-order valence-electron chi connectivity index (χ2n) is 17.8. The highest BCUT2D eigenvalue weighted by Gasteiger charge is 2.19. The summed E-state index contributed by atoms with van der Waals surface area (Å²) in [5.74, 6) is -0.939. The van der Waals surface area contributed by atoms with Crippen LogP contribution in [0.3, 0.4) is 0 Å². The van der Waals surface area contributed by atoms with Crippen LogP contribution in [0, 0.1) is 0 Å². The topological polar surface area (TPSA) is 78.9 Å². The molecule has 0 aromatic heterocycles. The third kappa shape index (κ3) is 50.0. The molecule has 0 bridgehead atoms. The van der Waals surface area contributed by atoms with Crippen LogP contribution in [-0.2, 0) is 28.6 Å². The molecule has 0 aromatic rings. The Morgan fingerprint density at radius 1 is 0.333 bits per heavy atom. The summed E-state index contributed by atoms with van der Waals surface area (Å²) in [7, 11) is 0. The van der Waals surface area contributed by atoms with Crippen LogP contribution >= 0.6 is 0 Å². The van der Waals surface area contributed by atoms with E-state index in [1.807, 2.05) is 0 Å². The van der Waals surface area contributed by atoms with Gasteiger partial charge in [-0.2, -0.15) is 0 Å².